The smallest absolute Gasteiger partial charge is 0.247 e. The molecule has 192 valence electrons. The lowest BCUT2D eigenvalue weighted by Crippen LogP contribution is -2.47. The number of amides is 2. The Labute approximate surface area is 212 Å². The first-order valence-electron chi connectivity index (χ1n) is 12.2. The lowest BCUT2D eigenvalue weighted by atomic mass is 10.00. The Hall–Kier alpha value is -3.61. The van der Waals surface area contributed by atoms with E-state index in [0.29, 0.717) is 29.7 Å². The predicted octanol–water partition coefficient (Wildman–Crippen LogP) is 5.30. The Morgan fingerprint density at radius 1 is 0.944 bits per heavy atom. The van der Waals surface area contributed by atoms with Crippen molar-refractivity contribution in [2.75, 3.05) is 20.8 Å². The molecule has 0 heterocycles. The zero-order valence-electron chi connectivity index (χ0n) is 21.4. The average molecular weight is 495 g/mol. The highest BCUT2D eigenvalue weighted by atomic mass is 19.1. The molecular formula is C29H35FN2O4. The van der Waals surface area contributed by atoms with E-state index in [2.05, 4.69) is 5.32 Å². The summed E-state index contributed by atoms with van der Waals surface area (Å²) in [5.41, 5.74) is 2.13. The number of carbonyl (C=O) groups is 2. The van der Waals surface area contributed by atoms with Gasteiger partial charge in [0.25, 0.3) is 0 Å². The van der Waals surface area contributed by atoms with Crippen LogP contribution in [-0.2, 0) is 16.0 Å². The molecule has 1 atom stereocenters. The van der Waals surface area contributed by atoms with E-state index in [-0.39, 0.29) is 36.6 Å². The number of benzene rings is 2. The normalized spacial score (nSPS) is 13.9. The molecular weight excluding hydrogens is 459 g/mol. The molecule has 1 aliphatic rings. The Morgan fingerprint density at radius 2 is 1.53 bits per heavy atom. The summed E-state index contributed by atoms with van der Waals surface area (Å²) in [5, 5.41) is 2.86. The number of methoxy groups -OCH3 is 2. The molecule has 0 spiro atoms. The second-order valence-corrected chi connectivity index (χ2v) is 9.00. The van der Waals surface area contributed by atoms with Crippen LogP contribution in [-0.4, -0.2) is 43.5 Å². The molecule has 1 unspecified atom stereocenters. The molecule has 0 radical (unpaired) electrons. The fraction of sp³-hybridized carbons (Fsp3) is 0.379. The molecule has 0 aromatic heterocycles. The molecule has 36 heavy (non-hydrogen) atoms. The van der Waals surface area contributed by atoms with Gasteiger partial charge < -0.3 is 19.7 Å². The second kappa shape index (κ2) is 12.9. The average Bonchev–Trinajstić information content (AvgIpc) is 2.89. The summed E-state index contributed by atoms with van der Waals surface area (Å²) in [6.45, 7) is 3.85. The Morgan fingerprint density at radius 3 is 2.08 bits per heavy atom. The van der Waals surface area contributed by atoms with Crippen molar-refractivity contribution in [3.63, 3.8) is 0 Å². The largest absolute Gasteiger partial charge is 0.497 e. The van der Waals surface area contributed by atoms with Crippen molar-refractivity contribution in [2.24, 2.45) is 0 Å². The van der Waals surface area contributed by atoms with Gasteiger partial charge in [-0.3, -0.25) is 9.59 Å². The third kappa shape index (κ3) is 6.97. The summed E-state index contributed by atoms with van der Waals surface area (Å²) in [7, 11) is 3.18. The van der Waals surface area contributed by atoms with Crippen LogP contribution in [0.25, 0.3) is 0 Å². The molecule has 2 aromatic rings. The Bertz CT molecular complexity index is 1090. The van der Waals surface area contributed by atoms with Gasteiger partial charge in [-0.15, -0.1) is 0 Å². The number of hydrogen-bond acceptors (Lipinski definition) is 4. The Kier molecular flexibility index (Phi) is 9.68. The number of nitrogens with zero attached hydrogens (tertiary/aromatic N) is 1. The van der Waals surface area contributed by atoms with E-state index in [1.165, 1.54) is 6.08 Å². The molecule has 6 nitrogen and oxygen atoms in total. The zero-order valence-corrected chi connectivity index (χ0v) is 21.4. The third-order valence-corrected chi connectivity index (χ3v) is 6.23. The molecule has 7 heteroatoms. The van der Waals surface area contributed by atoms with Gasteiger partial charge in [0.2, 0.25) is 11.8 Å². The van der Waals surface area contributed by atoms with Gasteiger partial charge in [-0.2, -0.15) is 0 Å². The van der Waals surface area contributed by atoms with Gasteiger partial charge in [0.05, 0.1) is 14.2 Å². The van der Waals surface area contributed by atoms with Crippen molar-refractivity contribution in [1.29, 1.82) is 0 Å². The summed E-state index contributed by atoms with van der Waals surface area (Å²) in [4.78, 5) is 28.6. The van der Waals surface area contributed by atoms with Crippen molar-refractivity contribution in [3.8, 4) is 11.5 Å². The zero-order chi connectivity index (χ0) is 26.1. The van der Waals surface area contributed by atoms with Crippen LogP contribution < -0.4 is 14.8 Å². The van der Waals surface area contributed by atoms with Gasteiger partial charge in [-0.1, -0.05) is 30.3 Å². The summed E-state index contributed by atoms with van der Waals surface area (Å²) < 4.78 is 24.6. The van der Waals surface area contributed by atoms with E-state index < -0.39 is 6.04 Å². The van der Waals surface area contributed by atoms with E-state index in [9.17, 15) is 14.0 Å². The number of rotatable bonds is 11. The second-order valence-electron chi connectivity index (χ2n) is 9.00. The molecule has 2 amide bonds. The highest BCUT2D eigenvalue weighted by molar-refractivity contribution is 5.89. The van der Waals surface area contributed by atoms with Crippen LogP contribution in [0.1, 0.15) is 50.3 Å². The summed E-state index contributed by atoms with van der Waals surface area (Å²) in [6.07, 6.45) is 5.51. The first-order chi connectivity index (χ1) is 17.3. The highest BCUT2D eigenvalue weighted by Gasteiger charge is 2.33. The Balaban J connectivity index is 1.82. The number of allylic oxidation sites excluding steroid dienone is 2. The standard InChI is InChI=1S/C29H35FN2O4/c1-20(2)32(27(33)18-11-21-9-14-24(35-3)15-10-21)28(22-12-16-25(36-4)17-13-22)29(34)31-19-23-7-5-6-8-26(23)30/h7-10,12-17,20,28H,5-6,11,18-19H2,1-4H3,(H,31,34). The summed E-state index contributed by atoms with van der Waals surface area (Å²) >= 11 is 0. The number of aryl methyl sites for hydroxylation is 1. The van der Waals surface area contributed by atoms with Crippen molar-refractivity contribution in [1.82, 2.24) is 10.2 Å². The van der Waals surface area contributed by atoms with Crippen LogP contribution in [0.5, 0.6) is 11.5 Å². The monoisotopic (exact) mass is 494 g/mol. The minimum absolute atomic E-state index is 0.0692. The molecule has 1 N–H and O–H groups in total. The number of halogens is 1. The van der Waals surface area contributed by atoms with Crippen LogP contribution in [0, 0.1) is 0 Å². The van der Waals surface area contributed by atoms with Gasteiger partial charge in [0, 0.05) is 24.6 Å². The van der Waals surface area contributed by atoms with Crippen LogP contribution in [0.2, 0.25) is 0 Å². The van der Waals surface area contributed by atoms with E-state index in [1.807, 2.05) is 38.1 Å². The summed E-state index contributed by atoms with van der Waals surface area (Å²) in [6, 6.07) is 13.6. The molecule has 0 saturated heterocycles. The molecule has 0 fully saturated rings. The third-order valence-electron chi connectivity index (χ3n) is 6.23. The maximum absolute atomic E-state index is 14.2. The molecule has 3 rings (SSSR count). The lowest BCUT2D eigenvalue weighted by Gasteiger charge is -2.35. The first-order valence-corrected chi connectivity index (χ1v) is 12.2. The molecule has 1 aliphatic carbocycles. The number of carbonyl (C=O) groups excluding carboxylic acids is 2. The minimum Gasteiger partial charge on any atom is -0.497 e. The highest BCUT2D eigenvalue weighted by Crippen LogP contribution is 2.28. The van der Waals surface area contributed by atoms with E-state index in [1.54, 1.807) is 49.5 Å². The van der Waals surface area contributed by atoms with Crippen molar-refractivity contribution in [2.45, 2.75) is 51.6 Å². The molecule has 2 aromatic carbocycles. The number of ether oxygens (including phenoxy) is 2. The number of nitrogens with one attached hydrogen (secondary N) is 1. The van der Waals surface area contributed by atoms with Gasteiger partial charge in [-0.25, -0.2) is 4.39 Å². The quantitative estimate of drug-likeness (QED) is 0.460. The van der Waals surface area contributed by atoms with Gasteiger partial charge in [0.15, 0.2) is 0 Å². The predicted molar refractivity (Wildman–Crippen MR) is 139 cm³/mol. The van der Waals surface area contributed by atoms with E-state index >= 15 is 0 Å². The topological polar surface area (TPSA) is 67.9 Å². The maximum Gasteiger partial charge on any atom is 0.247 e. The molecule has 0 bridgehead atoms. The fourth-order valence-electron chi connectivity index (χ4n) is 4.26. The van der Waals surface area contributed by atoms with Gasteiger partial charge in [-0.05, 0) is 74.6 Å². The fourth-order valence-corrected chi connectivity index (χ4v) is 4.26. The molecule has 0 saturated carbocycles. The van der Waals surface area contributed by atoms with Crippen LogP contribution in [0.4, 0.5) is 4.39 Å². The SMILES string of the molecule is COc1ccc(CCC(=O)N(C(C)C)C(C(=O)NCC2=CCCC=C2F)c2ccc(OC)cc2)cc1. The van der Waals surface area contributed by atoms with Crippen LogP contribution in [0.3, 0.4) is 0 Å². The van der Waals surface area contributed by atoms with Gasteiger partial charge >= 0.3 is 0 Å². The van der Waals surface area contributed by atoms with Crippen molar-refractivity contribution in [3.05, 3.63) is 83.2 Å². The lowest BCUT2D eigenvalue weighted by molar-refractivity contribution is -0.142. The van der Waals surface area contributed by atoms with Crippen LogP contribution in [0.15, 0.2) is 72.1 Å². The molecule has 0 aliphatic heterocycles. The van der Waals surface area contributed by atoms with Gasteiger partial charge in [0.1, 0.15) is 23.4 Å². The summed E-state index contributed by atoms with van der Waals surface area (Å²) in [5.74, 6) is 0.605. The van der Waals surface area contributed by atoms with Crippen molar-refractivity contribution < 1.29 is 23.5 Å². The van der Waals surface area contributed by atoms with E-state index in [0.717, 1.165) is 17.7 Å². The van der Waals surface area contributed by atoms with Crippen molar-refractivity contribution >= 4 is 11.8 Å². The van der Waals surface area contributed by atoms with Crippen LogP contribution >= 0.6 is 0 Å². The number of hydrogen-bond donors (Lipinski definition) is 1. The maximum atomic E-state index is 14.2. The van der Waals surface area contributed by atoms with E-state index in [4.69, 9.17) is 9.47 Å². The minimum atomic E-state index is -0.865. The first kappa shape index (κ1) is 27.0.